The highest BCUT2D eigenvalue weighted by molar-refractivity contribution is 7.66. The van der Waals surface area contributed by atoms with Gasteiger partial charge in [-0.15, -0.1) is 0 Å². The summed E-state index contributed by atoms with van der Waals surface area (Å²) < 4.78 is -0.0723. The van der Waals surface area contributed by atoms with Crippen LogP contribution in [0.15, 0.2) is 0 Å². The Morgan fingerprint density at radius 3 is 1.83 bits per heavy atom. The van der Waals surface area contributed by atoms with Crippen LogP contribution in [-0.4, -0.2) is 10.3 Å². The molecule has 1 aliphatic carbocycles. The maximum atomic E-state index is 6.11. The third-order valence-corrected chi connectivity index (χ3v) is 10.3. The van der Waals surface area contributed by atoms with E-state index in [1.807, 2.05) is 0 Å². The minimum Gasteiger partial charge on any atom is -0.404 e. The van der Waals surface area contributed by atoms with E-state index in [1.165, 1.54) is 5.92 Å². The molecule has 0 saturated heterocycles. The lowest BCUT2D eigenvalue weighted by molar-refractivity contribution is 0.180. The van der Waals surface area contributed by atoms with E-state index < -0.39 is 10.3 Å². The fourth-order valence-electron chi connectivity index (χ4n) is 2.20. The minimum atomic E-state index is -2.87. The smallest absolute Gasteiger partial charge is 0.404 e. The Bertz CT molecular complexity index is 177. The highest BCUT2D eigenvalue weighted by Crippen LogP contribution is 2.70. The molecule has 0 aromatic carbocycles. The van der Waals surface area contributed by atoms with Gasteiger partial charge in [-0.3, -0.25) is 0 Å². The van der Waals surface area contributed by atoms with Crippen LogP contribution in [0.3, 0.4) is 0 Å². The van der Waals surface area contributed by atoms with E-state index >= 15 is 0 Å². The second kappa shape index (κ2) is 3.14. The van der Waals surface area contributed by atoms with Gasteiger partial charge in [0.15, 0.2) is 0 Å². The average molecular weight is 244 g/mol. The van der Waals surface area contributed by atoms with E-state index in [2.05, 4.69) is 27.7 Å². The van der Waals surface area contributed by atoms with Gasteiger partial charge in [-0.1, -0.05) is 13.8 Å². The van der Waals surface area contributed by atoms with Crippen molar-refractivity contribution in [1.82, 2.24) is 0 Å². The van der Waals surface area contributed by atoms with Gasteiger partial charge >= 0.3 is 10.3 Å². The lowest BCUT2D eigenvalue weighted by Gasteiger charge is -2.54. The highest BCUT2D eigenvalue weighted by atomic mass is 35.8. The van der Waals surface area contributed by atoms with Gasteiger partial charge in [0, 0.05) is 10.2 Å². The largest absolute Gasteiger partial charge is 0.505 e. The lowest BCUT2D eigenvalue weighted by Crippen LogP contribution is -2.54. The molecule has 0 aliphatic heterocycles. The highest BCUT2D eigenvalue weighted by Gasteiger charge is 2.69. The van der Waals surface area contributed by atoms with Crippen LogP contribution < -0.4 is 0 Å². The monoisotopic (exact) mass is 242 g/mol. The molecule has 3 atom stereocenters. The second-order valence-electron chi connectivity index (χ2n) is 4.12. The zero-order valence-corrected chi connectivity index (χ0v) is 11.3. The summed E-state index contributed by atoms with van der Waals surface area (Å²) in [5.74, 6) is 2.51. The van der Waals surface area contributed by atoms with Gasteiger partial charge in [0.2, 0.25) is 0 Å². The van der Waals surface area contributed by atoms with Crippen LogP contribution in [0.25, 0.3) is 0 Å². The zero-order chi connectivity index (χ0) is 9.73. The van der Waals surface area contributed by atoms with Crippen LogP contribution in [0.5, 0.6) is 0 Å². The summed E-state index contributed by atoms with van der Waals surface area (Å²) in [7, 11) is 15.5. The summed E-state index contributed by atoms with van der Waals surface area (Å²) in [6.07, 6.45) is 0. The number of hydrogen-bond donors (Lipinski definition) is 0. The fraction of sp³-hybridized carbons (Fsp3) is 0.875. The molecule has 1 rings (SSSR count). The van der Waals surface area contributed by atoms with Crippen LogP contribution in [0.1, 0.15) is 27.7 Å². The van der Waals surface area contributed by atoms with Crippen molar-refractivity contribution in [2.45, 2.75) is 32.0 Å². The van der Waals surface area contributed by atoms with Gasteiger partial charge in [-0.25, -0.2) is 0 Å². The third kappa shape index (κ3) is 1.30. The van der Waals surface area contributed by atoms with Gasteiger partial charge in [-0.05, 0) is 6.92 Å². The summed E-state index contributed by atoms with van der Waals surface area (Å²) in [5.41, 5.74) is 0. The summed E-state index contributed by atoms with van der Waals surface area (Å²) in [6.45, 7) is 8.60. The standard InChI is InChI=1S/C8H14.Al.3ClH/c1-5-6(2)8(4)7(5)3;;;;/h5-6H,1-4H3;;3*1H/q+1;+2;;;/p-3. The Labute approximate surface area is 89.9 Å². The predicted molar refractivity (Wildman–Crippen MR) is 58.9 cm³/mol. The first kappa shape index (κ1) is 11.3. The summed E-state index contributed by atoms with van der Waals surface area (Å²) >= 11 is 0. The molecule has 0 N–H and O–H groups in total. The van der Waals surface area contributed by atoms with E-state index in [1.54, 1.807) is 0 Å². The molecule has 0 amide bonds. The van der Waals surface area contributed by atoms with Crippen molar-refractivity contribution in [2.24, 2.45) is 11.8 Å². The predicted octanol–water partition coefficient (Wildman–Crippen LogP) is 4.28. The summed E-state index contributed by atoms with van der Waals surface area (Å²) in [5, 5.41) is 0. The van der Waals surface area contributed by atoms with Crippen molar-refractivity contribution in [2.75, 3.05) is 0 Å². The van der Waals surface area contributed by atoms with E-state index in [-0.39, 0.29) is 4.28 Å². The van der Waals surface area contributed by atoms with E-state index in [4.69, 9.17) is 30.1 Å². The van der Waals surface area contributed by atoms with Crippen molar-refractivity contribution in [1.29, 1.82) is 0 Å². The molecule has 0 aromatic heterocycles. The topological polar surface area (TPSA) is 0 Å². The van der Waals surface area contributed by atoms with Crippen LogP contribution in [0, 0.1) is 17.8 Å². The molecule has 0 aromatic rings. The molecule has 12 heavy (non-hydrogen) atoms. The quantitative estimate of drug-likeness (QED) is 0.476. The maximum absolute atomic E-state index is 6.11. The molecule has 0 radical (unpaired) electrons. The Morgan fingerprint density at radius 1 is 1.25 bits per heavy atom. The van der Waals surface area contributed by atoms with Crippen molar-refractivity contribution in [3.05, 3.63) is 5.92 Å². The molecular formula is C8H14AlCl3. The van der Waals surface area contributed by atoms with E-state index in [0.717, 1.165) is 0 Å². The molecule has 1 saturated carbocycles. The Morgan fingerprint density at radius 2 is 1.67 bits per heavy atom. The first-order valence-electron chi connectivity index (χ1n) is 4.26. The molecular weight excluding hydrogens is 229 g/mol. The third-order valence-electron chi connectivity index (χ3n) is 3.91. The summed E-state index contributed by atoms with van der Waals surface area (Å²) in [4.78, 5) is 0. The molecule has 1 aliphatic rings. The van der Waals surface area contributed by atoms with Gasteiger partial charge in [0.25, 0.3) is 0 Å². The normalized spacial score (nSPS) is 42.8. The molecule has 0 heterocycles. The number of halogens is 3. The van der Waals surface area contributed by atoms with Crippen molar-refractivity contribution >= 4 is 40.5 Å². The van der Waals surface area contributed by atoms with Gasteiger partial charge in [-0.2, -0.15) is 0 Å². The minimum absolute atomic E-state index is 0.0723. The molecule has 70 valence electrons. The SMILES string of the molecule is C[C+]1C(C)C(C)[C]1(C)[Al-]([Cl])([Cl])[Cl]. The first-order chi connectivity index (χ1) is 5.23. The fourth-order valence-corrected chi connectivity index (χ4v) is 7.21. The van der Waals surface area contributed by atoms with Crippen LogP contribution in [0.4, 0.5) is 0 Å². The molecule has 0 spiro atoms. The Hall–Kier alpha value is 1.27. The van der Waals surface area contributed by atoms with E-state index in [9.17, 15) is 0 Å². The zero-order valence-electron chi connectivity index (χ0n) is 7.87. The molecule has 3 unspecified atom stereocenters. The van der Waals surface area contributed by atoms with Gasteiger partial charge < -0.3 is 30.1 Å². The number of rotatable bonds is 1. The maximum Gasteiger partial charge on any atom is 0.505 e. The van der Waals surface area contributed by atoms with Gasteiger partial charge in [0.05, 0.1) is 18.8 Å². The van der Waals surface area contributed by atoms with Crippen molar-refractivity contribution < 1.29 is 0 Å². The van der Waals surface area contributed by atoms with Crippen LogP contribution >= 0.6 is 30.1 Å². The molecule has 0 bridgehead atoms. The Balaban J connectivity index is 2.88. The molecule has 0 nitrogen and oxygen atoms in total. The summed E-state index contributed by atoms with van der Waals surface area (Å²) in [6, 6.07) is 0. The van der Waals surface area contributed by atoms with Crippen LogP contribution in [-0.2, 0) is 0 Å². The Kier molecular flexibility index (Phi) is 2.97. The second-order valence-corrected chi connectivity index (χ2v) is 14.4. The van der Waals surface area contributed by atoms with Crippen LogP contribution in [0.2, 0.25) is 4.28 Å². The molecule has 4 heteroatoms. The van der Waals surface area contributed by atoms with Crippen molar-refractivity contribution in [3.63, 3.8) is 0 Å². The lowest BCUT2D eigenvalue weighted by atomic mass is 9.59. The number of hydrogen-bond acceptors (Lipinski definition) is 0. The van der Waals surface area contributed by atoms with E-state index in [0.29, 0.717) is 11.8 Å². The average Bonchev–Trinajstić information content (AvgIpc) is 1.98. The van der Waals surface area contributed by atoms with Gasteiger partial charge in [0.1, 0.15) is 0 Å². The first-order valence-corrected chi connectivity index (χ1v) is 10.1. The molecule has 1 fully saturated rings. The van der Waals surface area contributed by atoms with Crippen molar-refractivity contribution in [3.8, 4) is 0 Å².